The lowest BCUT2D eigenvalue weighted by atomic mass is 10.2. The third-order valence-electron chi connectivity index (χ3n) is 4.64. The SMILES string of the molecule is COc1cc(OC)cc(N(CCO)c2ccc3ncc(C(C)=NOC(C)(C)C)nc3c2)c1. The zero-order valence-electron chi connectivity index (χ0n) is 19.4. The maximum Gasteiger partial charge on any atom is 0.129 e. The Bertz CT molecular complexity index is 1090. The number of hydrogen-bond donors (Lipinski definition) is 1. The summed E-state index contributed by atoms with van der Waals surface area (Å²) in [5.74, 6) is 1.33. The maximum absolute atomic E-state index is 9.71. The Morgan fingerprint density at radius 1 is 1.00 bits per heavy atom. The molecule has 0 amide bonds. The number of methoxy groups -OCH3 is 2. The Kier molecular flexibility index (Phi) is 7.15. The summed E-state index contributed by atoms with van der Waals surface area (Å²) in [4.78, 5) is 16.7. The highest BCUT2D eigenvalue weighted by Gasteiger charge is 2.15. The molecule has 32 heavy (non-hydrogen) atoms. The van der Waals surface area contributed by atoms with E-state index in [0.29, 0.717) is 35.0 Å². The summed E-state index contributed by atoms with van der Waals surface area (Å²) in [6.45, 7) is 8.00. The number of rotatable bonds is 8. The van der Waals surface area contributed by atoms with Crippen molar-refractivity contribution < 1.29 is 19.4 Å². The van der Waals surface area contributed by atoms with Crippen LogP contribution < -0.4 is 14.4 Å². The van der Waals surface area contributed by atoms with Crippen LogP contribution in [0.15, 0.2) is 47.8 Å². The summed E-state index contributed by atoms with van der Waals surface area (Å²) >= 11 is 0. The van der Waals surface area contributed by atoms with Crippen LogP contribution in [-0.4, -0.2) is 53.8 Å². The summed E-state index contributed by atoms with van der Waals surface area (Å²) in [5, 5.41) is 13.9. The molecule has 0 aliphatic carbocycles. The molecule has 0 unspecified atom stereocenters. The molecule has 0 radical (unpaired) electrons. The lowest BCUT2D eigenvalue weighted by Gasteiger charge is -2.25. The second-order valence-corrected chi connectivity index (χ2v) is 8.25. The van der Waals surface area contributed by atoms with E-state index in [1.165, 1.54) is 0 Å². The van der Waals surface area contributed by atoms with Crippen molar-refractivity contribution in [3.05, 3.63) is 48.3 Å². The normalized spacial score (nSPS) is 12.0. The Morgan fingerprint density at radius 3 is 2.28 bits per heavy atom. The summed E-state index contributed by atoms with van der Waals surface area (Å²) in [5.41, 5.74) is 4.04. The second-order valence-electron chi connectivity index (χ2n) is 8.25. The fourth-order valence-electron chi connectivity index (χ4n) is 3.05. The number of hydrogen-bond acceptors (Lipinski definition) is 8. The van der Waals surface area contributed by atoms with Crippen molar-refractivity contribution in [3.8, 4) is 11.5 Å². The quantitative estimate of drug-likeness (QED) is 0.414. The van der Waals surface area contributed by atoms with E-state index in [-0.39, 0.29) is 12.2 Å². The average molecular weight is 439 g/mol. The van der Waals surface area contributed by atoms with Gasteiger partial charge in [-0.15, -0.1) is 0 Å². The van der Waals surface area contributed by atoms with Crippen molar-refractivity contribution in [1.82, 2.24) is 9.97 Å². The van der Waals surface area contributed by atoms with Crippen LogP contribution in [0.5, 0.6) is 11.5 Å². The van der Waals surface area contributed by atoms with Crippen molar-refractivity contribution in [2.75, 3.05) is 32.3 Å². The second kappa shape index (κ2) is 9.82. The zero-order valence-corrected chi connectivity index (χ0v) is 19.4. The summed E-state index contributed by atoms with van der Waals surface area (Å²) in [6.07, 6.45) is 1.69. The van der Waals surface area contributed by atoms with Crippen molar-refractivity contribution >= 4 is 28.1 Å². The molecule has 1 aromatic heterocycles. The smallest absolute Gasteiger partial charge is 0.129 e. The Balaban J connectivity index is 2.02. The predicted molar refractivity (Wildman–Crippen MR) is 126 cm³/mol. The molecule has 0 spiro atoms. The van der Waals surface area contributed by atoms with Crippen molar-refractivity contribution in [2.24, 2.45) is 5.16 Å². The molecule has 0 bridgehead atoms. The minimum atomic E-state index is -0.388. The lowest BCUT2D eigenvalue weighted by Crippen LogP contribution is -2.21. The molecule has 3 aromatic rings. The van der Waals surface area contributed by atoms with E-state index < -0.39 is 0 Å². The zero-order chi connectivity index (χ0) is 23.3. The van der Waals surface area contributed by atoms with Crippen LogP contribution in [0.2, 0.25) is 0 Å². The molecule has 8 heteroatoms. The van der Waals surface area contributed by atoms with Gasteiger partial charge < -0.3 is 24.3 Å². The van der Waals surface area contributed by atoms with Gasteiger partial charge in [-0.3, -0.25) is 4.98 Å². The minimum absolute atomic E-state index is 0.0286. The Morgan fingerprint density at radius 2 is 1.69 bits per heavy atom. The first kappa shape index (κ1) is 23.3. The minimum Gasteiger partial charge on any atom is -0.497 e. The van der Waals surface area contributed by atoms with Gasteiger partial charge in [0.05, 0.1) is 38.1 Å². The lowest BCUT2D eigenvalue weighted by molar-refractivity contribution is 0.000918. The molecular formula is C24H30N4O4. The predicted octanol–water partition coefficient (Wildman–Crippen LogP) is 4.32. The van der Waals surface area contributed by atoms with Gasteiger partial charge in [-0.2, -0.15) is 0 Å². The molecular weight excluding hydrogens is 408 g/mol. The molecule has 2 aromatic carbocycles. The largest absolute Gasteiger partial charge is 0.497 e. The number of oxime groups is 1. The Labute approximate surface area is 188 Å². The van der Waals surface area contributed by atoms with E-state index in [4.69, 9.17) is 19.3 Å². The van der Waals surface area contributed by atoms with Crippen LogP contribution in [0, 0.1) is 0 Å². The van der Waals surface area contributed by atoms with Crippen molar-refractivity contribution in [2.45, 2.75) is 33.3 Å². The number of aliphatic hydroxyl groups excluding tert-OH is 1. The summed E-state index contributed by atoms with van der Waals surface area (Å²) in [7, 11) is 3.21. The molecule has 170 valence electrons. The third kappa shape index (κ3) is 5.64. The van der Waals surface area contributed by atoms with Gasteiger partial charge in [-0.05, 0) is 45.9 Å². The van der Waals surface area contributed by atoms with Crippen molar-refractivity contribution in [3.63, 3.8) is 0 Å². The van der Waals surface area contributed by atoms with E-state index in [1.54, 1.807) is 26.5 Å². The van der Waals surface area contributed by atoms with Crippen LogP contribution in [0.4, 0.5) is 11.4 Å². The van der Waals surface area contributed by atoms with Gasteiger partial charge in [-0.25, -0.2) is 4.98 Å². The van der Waals surface area contributed by atoms with Gasteiger partial charge in [-0.1, -0.05) is 5.16 Å². The van der Waals surface area contributed by atoms with E-state index in [0.717, 1.165) is 16.9 Å². The molecule has 8 nitrogen and oxygen atoms in total. The number of ether oxygens (including phenoxy) is 2. The summed E-state index contributed by atoms with van der Waals surface area (Å²) in [6, 6.07) is 11.4. The van der Waals surface area contributed by atoms with Gasteiger partial charge in [0.25, 0.3) is 0 Å². The van der Waals surface area contributed by atoms with E-state index >= 15 is 0 Å². The molecule has 3 rings (SSSR count). The molecule has 0 saturated carbocycles. The first-order chi connectivity index (χ1) is 15.2. The molecule has 1 heterocycles. The number of benzene rings is 2. The van der Waals surface area contributed by atoms with Gasteiger partial charge in [0.2, 0.25) is 0 Å². The maximum atomic E-state index is 9.71. The number of anilines is 2. The number of nitrogens with zero attached hydrogens (tertiary/aromatic N) is 4. The standard InChI is InChI=1S/C24H30N4O4/c1-16(27-32-24(2,3)4)23-15-25-21-8-7-17(13-22(21)26-23)28(9-10-29)18-11-19(30-5)14-20(12-18)31-6/h7-8,11-15,29H,9-10H2,1-6H3. The van der Waals surface area contributed by atoms with Crippen LogP contribution in [0.25, 0.3) is 11.0 Å². The van der Waals surface area contributed by atoms with Crippen LogP contribution in [-0.2, 0) is 4.84 Å². The van der Waals surface area contributed by atoms with Gasteiger partial charge in [0.1, 0.15) is 28.5 Å². The van der Waals surface area contributed by atoms with Gasteiger partial charge in [0, 0.05) is 36.1 Å². The molecule has 0 fully saturated rings. The first-order valence-electron chi connectivity index (χ1n) is 10.4. The fourth-order valence-corrected chi connectivity index (χ4v) is 3.05. The van der Waals surface area contributed by atoms with E-state index in [9.17, 15) is 5.11 Å². The average Bonchev–Trinajstić information content (AvgIpc) is 2.79. The van der Waals surface area contributed by atoms with Crippen molar-refractivity contribution in [1.29, 1.82) is 0 Å². The van der Waals surface area contributed by atoms with Gasteiger partial charge >= 0.3 is 0 Å². The molecule has 0 aliphatic heterocycles. The highest BCUT2D eigenvalue weighted by molar-refractivity contribution is 5.97. The highest BCUT2D eigenvalue weighted by atomic mass is 16.6. The van der Waals surface area contributed by atoms with Crippen LogP contribution in [0.1, 0.15) is 33.4 Å². The number of aromatic nitrogens is 2. The molecule has 0 aliphatic rings. The van der Waals surface area contributed by atoms with Crippen LogP contribution >= 0.6 is 0 Å². The fraction of sp³-hybridized carbons (Fsp3) is 0.375. The topological polar surface area (TPSA) is 89.3 Å². The Hall–Kier alpha value is -3.39. The third-order valence-corrected chi connectivity index (χ3v) is 4.64. The monoisotopic (exact) mass is 438 g/mol. The van der Waals surface area contributed by atoms with E-state index in [1.807, 2.05) is 62.9 Å². The van der Waals surface area contributed by atoms with E-state index in [2.05, 4.69) is 10.1 Å². The summed E-state index contributed by atoms with van der Waals surface area (Å²) < 4.78 is 10.8. The first-order valence-corrected chi connectivity index (χ1v) is 10.4. The van der Waals surface area contributed by atoms with Crippen LogP contribution in [0.3, 0.4) is 0 Å². The van der Waals surface area contributed by atoms with Gasteiger partial charge in [0.15, 0.2) is 0 Å². The highest BCUT2D eigenvalue weighted by Crippen LogP contribution is 2.33. The molecule has 1 N–H and O–H groups in total. The molecule has 0 atom stereocenters. The number of fused-ring (bicyclic) bond motifs is 1. The number of aliphatic hydroxyl groups is 1. The molecule has 0 saturated heterocycles.